The zero-order valence-electron chi connectivity index (χ0n) is 13.8. The quantitative estimate of drug-likeness (QED) is 0.776. The van der Waals surface area contributed by atoms with E-state index in [9.17, 15) is 14.9 Å². The molecule has 1 unspecified atom stereocenters. The molecule has 26 heavy (non-hydrogen) atoms. The van der Waals surface area contributed by atoms with Crippen LogP contribution in [-0.4, -0.2) is 14.8 Å². The maximum absolute atomic E-state index is 12.0. The van der Waals surface area contributed by atoms with E-state index in [-0.39, 0.29) is 0 Å². The number of benzene rings is 2. The molecule has 7 heteroatoms. The van der Waals surface area contributed by atoms with Crippen molar-refractivity contribution in [3.8, 4) is 17.8 Å². The van der Waals surface area contributed by atoms with Gasteiger partial charge in [-0.1, -0.05) is 42.5 Å². The molecule has 1 aromatic heterocycles. The fraction of sp³-hybridized carbons (Fsp3) is 0.105. The van der Waals surface area contributed by atoms with Gasteiger partial charge in [-0.3, -0.25) is 9.78 Å². The first-order valence-electron chi connectivity index (χ1n) is 7.71. The number of rotatable bonds is 3. The molecule has 0 bridgehead atoms. The molecule has 0 spiro atoms. The third-order valence-electron chi connectivity index (χ3n) is 4.20. The van der Waals surface area contributed by atoms with Crippen LogP contribution in [0.15, 0.2) is 64.2 Å². The predicted octanol–water partition coefficient (Wildman–Crippen LogP) is 1.62. The van der Waals surface area contributed by atoms with E-state index < -0.39 is 22.4 Å². The van der Waals surface area contributed by atoms with Crippen LogP contribution in [0, 0.1) is 22.7 Å². The zero-order valence-corrected chi connectivity index (χ0v) is 13.8. The van der Waals surface area contributed by atoms with E-state index in [2.05, 4.69) is 16.2 Å². The molecular weight excluding hydrogens is 330 g/mol. The minimum atomic E-state index is -0.860. The van der Waals surface area contributed by atoms with Crippen LogP contribution in [0.25, 0.3) is 5.69 Å². The predicted molar refractivity (Wildman–Crippen MR) is 93.7 cm³/mol. The normalized spacial score (nSPS) is 12.6. The molecule has 3 rings (SSSR count). The van der Waals surface area contributed by atoms with Crippen molar-refractivity contribution in [2.24, 2.45) is 0 Å². The summed E-state index contributed by atoms with van der Waals surface area (Å²) >= 11 is 0. The molecule has 0 aliphatic heterocycles. The first-order valence-corrected chi connectivity index (χ1v) is 7.71. The molecule has 0 saturated heterocycles. The maximum atomic E-state index is 12.0. The Kier molecular flexibility index (Phi) is 4.22. The first-order chi connectivity index (χ1) is 12.5. The highest BCUT2D eigenvalue weighted by molar-refractivity contribution is 5.47. The molecule has 0 radical (unpaired) electrons. The number of nitrogens with one attached hydrogen (secondary N) is 1. The molecule has 0 amide bonds. The fourth-order valence-electron chi connectivity index (χ4n) is 2.65. The van der Waals surface area contributed by atoms with Crippen LogP contribution < -0.4 is 11.2 Å². The maximum Gasteiger partial charge on any atom is 0.349 e. The highest BCUT2D eigenvalue weighted by Gasteiger charge is 2.28. The van der Waals surface area contributed by atoms with Crippen LogP contribution >= 0.6 is 0 Å². The van der Waals surface area contributed by atoms with E-state index in [1.54, 1.807) is 30.3 Å². The molecule has 1 heterocycles. The van der Waals surface area contributed by atoms with Gasteiger partial charge in [0.15, 0.2) is 0 Å². The second-order valence-corrected chi connectivity index (χ2v) is 5.78. The summed E-state index contributed by atoms with van der Waals surface area (Å²) in [5, 5.41) is 22.4. The lowest BCUT2D eigenvalue weighted by molar-refractivity contribution is 0.727. The molecule has 7 nitrogen and oxygen atoms in total. The van der Waals surface area contributed by atoms with Crippen LogP contribution in [0.3, 0.4) is 0 Å². The first kappa shape index (κ1) is 16.9. The van der Waals surface area contributed by atoms with Gasteiger partial charge in [0.2, 0.25) is 5.69 Å². The lowest BCUT2D eigenvalue weighted by atomic mass is 9.77. The Morgan fingerprint density at radius 1 is 1.00 bits per heavy atom. The van der Waals surface area contributed by atoms with E-state index in [1.165, 1.54) is 0 Å². The van der Waals surface area contributed by atoms with Gasteiger partial charge in [0.1, 0.15) is 11.5 Å². The van der Waals surface area contributed by atoms with E-state index in [4.69, 9.17) is 5.26 Å². The van der Waals surface area contributed by atoms with Gasteiger partial charge in [0.05, 0.1) is 11.8 Å². The number of nitrogens with zero attached hydrogens (tertiary/aromatic N) is 4. The molecular formula is C19H13N5O2. The van der Waals surface area contributed by atoms with Crippen LogP contribution in [0.1, 0.15) is 23.7 Å². The summed E-state index contributed by atoms with van der Waals surface area (Å²) in [4.78, 5) is 25.5. The molecule has 0 aliphatic rings. The molecule has 2 aromatic carbocycles. The van der Waals surface area contributed by atoms with Crippen molar-refractivity contribution in [1.29, 1.82) is 10.5 Å². The van der Waals surface area contributed by atoms with Crippen molar-refractivity contribution in [1.82, 2.24) is 14.8 Å². The lowest BCUT2D eigenvalue weighted by Gasteiger charge is -2.23. The molecule has 126 valence electrons. The third-order valence-corrected chi connectivity index (χ3v) is 4.20. The highest BCUT2D eigenvalue weighted by atomic mass is 16.2. The Balaban J connectivity index is 2.08. The second-order valence-electron chi connectivity index (χ2n) is 5.78. The van der Waals surface area contributed by atoms with Crippen molar-refractivity contribution in [2.45, 2.75) is 12.3 Å². The minimum Gasteiger partial charge on any atom is -0.270 e. The smallest absolute Gasteiger partial charge is 0.270 e. The van der Waals surface area contributed by atoms with Crippen LogP contribution in [-0.2, 0) is 5.41 Å². The second kappa shape index (κ2) is 6.50. The van der Waals surface area contributed by atoms with Gasteiger partial charge in [-0.25, -0.2) is 4.79 Å². The van der Waals surface area contributed by atoms with Crippen LogP contribution in [0.4, 0.5) is 0 Å². The fourth-order valence-corrected chi connectivity index (χ4v) is 2.65. The topological polar surface area (TPSA) is 115 Å². The summed E-state index contributed by atoms with van der Waals surface area (Å²) in [6.45, 7) is 1.82. The Morgan fingerprint density at radius 3 is 2.19 bits per heavy atom. The van der Waals surface area contributed by atoms with E-state index in [0.29, 0.717) is 5.69 Å². The summed E-state index contributed by atoms with van der Waals surface area (Å²) < 4.78 is 0.940. The monoisotopic (exact) mass is 343 g/mol. The Labute approximate surface area is 148 Å². The van der Waals surface area contributed by atoms with Crippen molar-refractivity contribution in [2.75, 3.05) is 0 Å². The van der Waals surface area contributed by atoms with Crippen LogP contribution in [0.5, 0.6) is 0 Å². The van der Waals surface area contributed by atoms with Gasteiger partial charge < -0.3 is 0 Å². The highest BCUT2D eigenvalue weighted by Crippen LogP contribution is 2.31. The summed E-state index contributed by atoms with van der Waals surface area (Å²) in [5.74, 6) is 0. The Morgan fingerprint density at radius 2 is 1.62 bits per heavy atom. The van der Waals surface area contributed by atoms with Crippen molar-refractivity contribution in [3.05, 3.63) is 92.3 Å². The average molecular weight is 343 g/mol. The van der Waals surface area contributed by atoms with Crippen molar-refractivity contribution in [3.63, 3.8) is 0 Å². The van der Waals surface area contributed by atoms with E-state index in [1.807, 2.05) is 37.3 Å². The SMILES string of the molecule is CC(C#N)(c1ccccc1)c1ccc(-n2nc(C#N)c(=O)[nH]c2=O)cc1. The number of nitriles is 2. The van der Waals surface area contributed by atoms with Crippen molar-refractivity contribution < 1.29 is 0 Å². The summed E-state index contributed by atoms with van der Waals surface area (Å²) in [5.41, 5.74) is -0.866. The number of aromatic amines is 1. The average Bonchev–Trinajstić information content (AvgIpc) is 2.68. The molecule has 3 aromatic rings. The Hall–Kier alpha value is -3.97. The molecule has 1 atom stereocenters. The van der Waals surface area contributed by atoms with E-state index in [0.717, 1.165) is 15.8 Å². The molecule has 0 saturated carbocycles. The van der Waals surface area contributed by atoms with Gasteiger partial charge >= 0.3 is 5.69 Å². The lowest BCUT2D eigenvalue weighted by Crippen LogP contribution is -2.33. The van der Waals surface area contributed by atoms with Gasteiger partial charge in [-0.2, -0.15) is 15.2 Å². The van der Waals surface area contributed by atoms with Gasteiger partial charge in [0.25, 0.3) is 5.56 Å². The number of aromatic nitrogens is 3. The summed E-state index contributed by atoms with van der Waals surface area (Å²) in [6.07, 6.45) is 0. The van der Waals surface area contributed by atoms with Gasteiger partial charge in [-0.05, 0) is 30.2 Å². The standard InChI is InChI=1S/C19H13N5O2/c1-19(12-21,13-5-3-2-4-6-13)14-7-9-15(10-8-14)24-18(26)22-17(25)16(11-20)23-24/h2-10H,1H3,(H,22,25,26). The number of hydrogen-bond acceptors (Lipinski definition) is 5. The number of hydrogen-bond donors (Lipinski definition) is 1. The zero-order chi connectivity index (χ0) is 18.7. The van der Waals surface area contributed by atoms with Gasteiger partial charge in [-0.15, -0.1) is 5.10 Å². The number of H-pyrrole nitrogens is 1. The molecule has 0 aliphatic carbocycles. The van der Waals surface area contributed by atoms with E-state index >= 15 is 0 Å². The van der Waals surface area contributed by atoms with Crippen LogP contribution in [0.2, 0.25) is 0 Å². The molecule has 1 N–H and O–H groups in total. The molecule has 0 fully saturated rings. The third kappa shape index (κ3) is 2.79. The minimum absolute atomic E-state index is 0.375. The largest absolute Gasteiger partial charge is 0.349 e. The van der Waals surface area contributed by atoms with Gasteiger partial charge in [0, 0.05) is 0 Å². The Bertz CT molecular complexity index is 1150. The summed E-state index contributed by atoms with van der Waals surface area (Å²) in [6, 6.07) is 20.0. The summed E-state index contributed by atoms with van der Waals surface area (Å²) in [7, 11) is 0. The van der Waals surface area contributed by atoms with Crippen molar-refractivity contribution >= 4 is 0 Å².